The quantitative estimate of drug-likeness (QED) is 0.916. The van der Waals surface area contributed by atoms with Gasteiger partial charge in [0.25, 0.3) is 0 Å². The second-order valence-electron chi connectivity index (χ2n) is 4.71. The van der Waals surface area contributed by atoms with Crippen molar-refractivity contribution in [2.45, 2.75) is 19.0 Å². The van der Waals surface area contributed by atoms with Crippen molar-refractivity contribution in [3.8, 4) is 11.5 Å². The van der Waals surface area contributed by atoms with Gasteiger partial charge >= 0.3 is 0 Å². The summed E-state index contributed by atoms with van der Waals surface area (Å²) in [6.07, 6.45) is 0.899. The minimum absolute atomic E-state index is 0.00273. The third-order valence-electron chi connectivity index (χ3n) is 3.56. The molecule has 2 rings (SSSR count). The molecule has 1 saturated heterocycles. The van der Waals surface area contributed by atoms with Crippen molar-refractivity contribution in [3.63, 3.8) is 0 Å². The van der Waals surface area contributed by atoms with E-state index in [0.717, 1.165) is 19.4 Å². The van der Waals surface area contributed by atoms with E-state index < -0.39 is 6.17 Å². The van der Waals surface area contributed by atoms with Gasteiger partial charge in [-0.15, -0.1) is 0 Å². The molecule has 1 heterocycles. The standard InChI is InChI=1S/C14H19BrFNO2/c1-18-11-6-5-10(14(19-2)12(11)15)13(16)9-4-3-7-17-8-9/h5-6,9,13,17H,3-4,7-8H2,1-2H3. The first-order valence-corrected chi connectivity index (χ1v) is 7.23. The summed E-state index contributed by atoms with van der Waals surface area (Å²) < 4.78 is 25.9. The predicted molar refractivity (Wildman–Crippen MR) is 76.7 cm³/mol. The van der Waals surface area contributed by atoms with Gasteiger partial charge in [-0.3, -0.25) is 0 Å². The van der Waals surface area contributed by atoms with Gasteiger partial charge in [0.2, 0.25) is 0 Å². The summed E-state index contributed by atoms with van der Waals surface area (Å²) in [6, 6.07) is 3.52. The molecule has 3 nitrogen and oxygen atoms in total. The van der Waals surface area contributed by atoms with Crippen LogP contribution in [0.3, 0.4) is 0 Å². The Morgan fingerprint density at radius 1 is 1.37 bits per heavy atom. The number of halogens is 2. The smallest absolute Gasteiger partial charge is 0.142 e. The molecule has 0 aromatic heterocycles. The number of hydrogen-bond donors (Lipinski definition) is 1. The van der Waals surface area contributed by atoms with Crippen LogP contribution in [0.4, 0.5) is 4.39 Å². The maximum absolute atomic E-state index is 14.7. The van der Waals surface area contributed by atoms with E-state index in [-0.39, 0.29) is 5.92 Å². The van der Waals surface area contributed by atoms with Gasteiger partial charge in [0.15, 0.2) is 0 Å². The Hall–Kier alpha value is -0.810. The highest BCUT2D eigenvalue weighted by atomic mass is 79.9. The SMILES string of the molecule is COc1ccc(C(F)C2CCCNC2)c(OC)c1Br. The molecular weight excluding hydrogens is 313 g/mol. The van der Waals surface area contributed by atoms with Crippen LogP contribution in [0.1, 0.15) is 24.6 Å². The fourth-order valence-electron chi connectivity index (χ4n) is 2.52. The highest BCUT2D eigenvalue weighted by molar-refractivity contribution is 9.10. The first kappa shape index (κ1) is 14.6. The molecule has 1 aliphatic rings. The fourth-order valence-corrected chi connectivity index (χ4v) is 3.20. The maximum atomic E-state index is 14.7. The molecule has 0 saturated carbocycles. The van der Waals surface area contributed by atoms with Crippen molar-refractivity contribution in [1.29, 1.82) is 0 Å². The predicted octanol–water partition coefficient (Wildman–Crippen LogP) is 3.48. The van der Waals surface area contributed by atoms with Crippen LogP contribution < -0.4 is 14.8 Å². The minimum atomic E-state index is -1.02. The van der Waals surface area contributed by atoms with E-state index in [1.807, 2.05) is 0 Å². The van der Waals surface area contributed by atoms with Gasteiger partial charge in [-0.05, 0) is 47.4 Å². The van der Waals surface area contributed by atoms with Crippen molar-refractivity contribution in [2.24, 2.45) is 5.92 Å². The Kier molecular flexibility index (Phi) is 5.05. The van der Waals surface area contributed by atoms with Gasteiger partial charge in [-0.2, -0.15) is 0 Å². The molecule has 106 valence electrons. The van der Waals surface area contributed by atoms with Crippen molar-refractivity contribution in [2.75, 3.05) is 27.3 Å². The summed E-state index contributed by atoms with van der Waals surface area (Å²) in [4.78, 5) is 0. The van der Waals surface area contributed by atoms with Gasteiger partial charge in [0.05, 0.1) is 14.2 Å². The number of nitrogens with one attached hydrogen (secondary N) is 1. The summed E-state index contributed by atoms with van der Waals surface area (Å²) in [5, 5.41) is 3.24. The zero-order valence-corrected chi connectivity index (χ0v) is 12.8. The average molecular weight is 332 g/mol. The highest BCUT2D eigenvalue weighted by Gasteiger charge is 2.28. The Morgan fingerprint density at radius 2 is 2.16 bits per heavy atom. The topological polar surface area (TPSA) is 30.5 Å². The molecule has 0 radical (unpaired) electrons. The molecule has 1 aromatic carbocycles. The van der Waals surface area contributed by atoms with Crippen LogP contribution >= 0.6 is 15.9 Å². The molecule has 2 atom stereocenters. The summed E-state index contributed by atoms with van der Waals surface area (Å²) >= 11 is 3.41. The van der Waals surface area contributed by atoms with E-state index in [9.17, 15) is 4.39 Å². The minimum Gasteiger partial charge on any atom is -0.495 e. The molecule has 1 aliphatic heterocycles. The van der Waals surface area contributed by atoms with Gasteiger partial charge in [0.1, 0.15) is 22.1 Å². The Labute approximate surface area is 121 Å². The molecule has 1 N–H and O–H groups in total. The lowest BCUT2D eigenvalue weighted by Gasteiger charge is -2.27. The summed E-state index contributed by atoms with van der Waals surface area (Å²) in [5.74, 6) is 1.18. The second kappa shape index (κ2) is 6.57. The molecule has 1 aromatic rings. The monoisotopic (exact) mass is 331 g/mol. The number of ether oxygens (including phenoxy) is 2. The van der Waals surface area contributed by atoms with Crippen molar-refractivity contribution in [1.82, 2.24) is 5.32 Å². The third kappa shape index (κ3) is 3.03. The lowest BCUT2D eigenvalue weighted by molar-refractivity contribution is 0.190. The summed E-state index contributed by atoms with van der Waals surface area (Å²) in [5.41, 5.74) is 0.587. The fraction of sp³-hybridized carbons (Fsp3) is 0.571. The van der Waals surface area contributed by atoms with Crippen molar-refractivity contribution >= 4 is 15.9 Å². The zero-order chi connectivity index (χ0) is 13.8. The normalized spacial score (nSPS) is 20.9. The average Bonchev–Trinajstić information content (AvgIpc) is 2.47. The number of benzene rings is 1. The largest absolute Gasteiger partial charge is 0.495 e. The van der Waals surface area contributed by atoms with Crippen LogP contribution in [0.15, 0.2) is 16.6 Å². The van der Waals surface area contributed by atoms with Crippen LogP contribution in [0, 0.1) is 5.92 Å². The lowest BCUT2D eigenvalue weighted by atomic mass is 9.90. The van der Waals surface area contributed by atoms with E-state index >= 15 is 0 Å². The molecule has 0 spiro atoms. The number of piperidine rings is 1. The van der Waals surface area contributed by atoms with Gasteiger partial charge in [-0.1, -0.05) is 0 Å². The van der Waals surface area contributed by atoms with Crippen LogP contribution in [0.25, 0.3) is 0 Å². The number of alkyl halides is 1. The second-order valence-corrected chi connectivity index (χ2v) is 5.51. The lowest BCUT2D eigenvalue weighted by Crippen LogP contribution is -2.32. The number of rotatable bonds is 4. The van der Waals surface area contributed by atoms with Crippen LogP contribution in [-0.2, 0) is 0 Å². The van der Waals surface area contributed by atoms with Crippen LogP contribution in [-0.4, -0.2) is 27.3 Å². The first-order chi connectivity index (χ1) is 9.19. The van der Waals surface area contributed by atoms with Gasteiger partial charge < -0.3 is 14.8 Å². The van der Waals surface area contributed by atoms with Crippen molar-refractivity contribution in [3.05, 3.63) is 22.2 Å². The Morgan fingerprint density at radius 3 is 2.74 bits per heavy atom. The molecule has 0 bridgehead atoms. The molecule has 19 heavy (non-hydrogen) atoms. The van der Waals surface area contributed by atoms with E-state index in [2.05, 4.69) is 21.2 Å². The van der Waals surface area contributed by atoms with Gasteiger partial charge in [0, 0.05) is 18.0 Å². The van der Waals surface area contributed by atoms with Crippen LogP contribution in [0.5, 0.6) is 11.5 Å². The third-order valence-corrected chi connectivity index (χ3v) is 4.31. The first-order valence-electron chi connectivity index (χ1n) is 6.44. The summed E-state index contributed by atoms with van der Waals surface area (Å²) in [7, 11) is 3.13. The summed E-state index contributed by atoms with van der Waals surface area (Å²) in [6.45, 7) is 1.70. The van der Waals surface area contributed by atoms with E-state index in [1.165, 1.54) is 0 Å². The van der Waals surface area contributed by atoms with E-state index in [0.29, 0.717) is 28.1 Å². The van der Waals surface area contributed by atoms with E-state index in [1.54, 1.807) is 26.4 Å². The molecule has 5 heteroatoms. The van der Waals surface area contributed by atoms with E-state index in [4.69, 9.17) is 9.47 Å². The maximum Gasteiger partial charge on any atom is 0.142 e. The Balaban J connectivity index is 2.30. The number of methoxy groups -OCH3 is 2. The molecule has 2 unspecified atom stereocenters. The molecular formula is C14H19BrFNO2. The van der Waals surface area contributed by atoms with Gasteiger partial charge in [-0.25, -0.2) is 4.39 Å². The highest BCUT2D eigenvalue weighted by Crippen LogP contribution is 2.43. The molecule has 0 amide bonds. The Bertz CT molecular complexity index is 436. The van der Waals surface area contributed by atoms with Crippen molar-refractivity contribution < 1.29 is 13.9 Å². The molecule has 0 aliphatic carbocycles. The van der Waals surface area contributed by atoms with Crippen LogP contribution in [0.2, 0.25) is 0 Å². The zero-order valence-electron chi connectivity index (χ0n) is 11.2. The number of hydrogen-bond acceptors (Lipinski definition) is 3. The molecule has 1 fully saturated rings.